The van der Waals surface area contributed by atoms with Crippen molar-refractivity contribution < 1.29 is 4.79 Å². The van der Waals surface area contributed by atoms with E-state index >= 15 is 0 Å². The van der Waals surface area contributed by atoms with E-state index in [0.717, 1.165) is 17.5 Å². The van der Waals surface area contributed by atoms with Crippen LogP contribution in [0.1, 0.15) is 23.7 Å². The molecule has 0 spiro atoms. The summed E-state index contributed by atoms with van der Waals surface area (Å²) < 4.78 is 0. The summed E-state index contributed by atoms with van der Waals surface area (Å²) in [6.45, 7) is 2.50. The van der Waals surface area contributed by atoms with Gasteiger partial charge in [0.25, 0.3) is 5.91 Å². The molecule has 0 saturated carbocycles. The number of rotatable bonds is 5. The van der Waals surface area contributed by atoms with Crippen LogP contribution in [0, 0.1) is 0 Å². The molecule has 120 valence electrons. The number of pyridine rings is 1. The van der Waals surface area contributed by atoms with Gasteiger partial charge < -0.3 is 11.1 Å². The number of nitrogens with one attached hydrogen (secondary N) is 1. The molecule has 0 saturated heterocycles. The highest BCUT2D eigenvalue weighted by Gasteiger charge is 2.07. The van der Waals surface area contributed by atoms with Crippen molar-refractivity contribution in [2.75, 3.05) is 6.54 Å². The normalized spacial score (nSPS) is 10.8. The smallest absolute Gasteiger partial charge is 0.252 e. The second kappa shape index (κ2) is 10.2. The molecule has 6 heteroatoms. The maximum Gasteiger partial charge on any atom is 0.252 e. The number of carbonyl (C=O) groups is 1. The minimum atomic E-state index is -0.115. The third-order valence-electron chi connectivity index (χ3n) is 2.99. The highest BCUT2D eigenvalue weighted by Crippen LogP contribution is 2.18. The Labute approximate surface area is 143 Å². The molecule has 1 unspecified atom stereocenters. The van der Waals surface area contributed by atoms with Crippen LogP contribution in [0.3, 0.4) is 0 Å². The van der Waals surface area contributed by atoms with Crippen molar-refractivity contribution in [3.63, 3.8) is 0 Å². The predicted octanol–water partition coefficient (Wildman–Crippen LogP) is 3.06. The number of hydrogen-bond acceptors (Lipinski definition) is 3. The monoisotopic (exact) mass is 341 g/mol. The van der Waals surface area contributed by atoms with Crippen molar-refractivity contribution in [1.82, 2.24) is 10.3 Å². The first kappa shape index (κ1) is 20.4. The third kappa shape index (κ3) is 6.02. The number of halogens is 2. The largest absolute Gasteiger partial charge is 0.352 e. The average molecular weight is 342 g/mol. The van der Waals surface area contributed by atoms with Gasteiger partial charge in [0.05, 0.1) is 5.56 Å². The number of hydrogen-bond donors (Lipinski definition) is 2. The summed E-state index contributed by atoms with van der Waals surface area (Å²) in [5, 5.41) is 2.85. The lowest BCUT2D eigenvalue weighted by atomic mass is 10.1. The molecule has 1 heterocycles. The fourth-order valence-electron chi connectivity index (χ4n) is 1.87. The van der Waals surface area contributed by atoms with Crippen LogP contribution in [0.15, 0.2) is 48.8 Å². The summed E-state index contributed by atoms with van der Waals surface area (Å²) in [5.41, 5.74) is 8.20. The Bertz CT molecular complexity index is 577. The summed E-state index contributed by atoms with van der Waals surface area (Å²) in [6, 6.07) is 11.8. The van der Waals surface area contributed by atoms with Crippen molar-refractivity contribution in [3.8, 4) is 11.1 Å². The Morgan fingerprint density at radius 2 is 1.86 bits per heavy atom. The molecule has 0 aliphatic carbocycles. The topological polar surface area (TPSA) is 68.0 Å². The molecule has 0 bridgehead atoms. The molecule has 0 aliphatic rings. The Morgan fingerprint density at radius 3 is 2.50 bits per heavy atom. The highest BCUT2D eigenvalue weighted by atomic mass is 35.5. The average Bonchev–Trinajstić information content (AvgIpc) is 2.48. The molecular formula is C16H21Cl2N3O. The van der Waals surface area contributed by atoms with Gasteiger partial charge >= 0.3 is 0 Å². The molecule has 1 amide bonds. The van der Waals surface area contributed by atoms with E-state index < -0.39 is 0 Å². The number of amides is 1. The molecule has 1 aromatic heterocycles. The molecule has 4 nitrogen and oxygen atoms in total. The first-order chi connectivity index (χ1) is 9.66. The molecule has 3 N–H and O–H groups in total. The third-order valence-corrected chi connectivity index (χ3v) is 2.99. The van der Waals surface area contributed by atoms with Crippen LogP contribution in [0.5, 0.6) is 0 Å². The SMILES string of the molecule is CC(N)CCNC(=O)c1cncc(-c2ccccc2)c1.Cl.Cl. The Balaban J connectivity index is 0.00000220. The van der Waals surface area contributed by atoms with Crippen LogP contribution in [-0.2, 0) is 0 Å². The van der Waals surface area contributed by atoms with Gasteiger partial charge in [-0.05, 0) is 25.0 Å². The lowest BCUT2D eigenvalue weighted by Gasteiger charge is -2.08. The fourth-order valence-corrected chi connectivity index (χ4v) is 1.87. The van der Waals surface area contributed by atoms with Gasteiger partial charge in [-0.2, -0.15) is 0 Å². The molecule has 0 radical (unpaired) electrons. The molecule has 1 atom stereocenters. The van der Waals surface area contributed by atoms with Crippen LogP contribution in [-0.4, -0.2) is 23.5 Å². The van der Waals surface area contributed by atoms with E-state index in [1.807, 2.05) is 43.3 Å². The molecule has 2 aromatic rings. The lowest BCUT2D eigenvalue weighted by molar-refractivity contribution is 0.0952. The minimum absolute atomic E-state index is 0. The first-order valence-electron chi connectivity index (χ1n) is 6.71. The van der Waals surface area contributed by atoms with Crippen LogP contribution >= 0.6 is 24.8 Å². The van der Waals surface area contributed by atoms with Crippen molar-refractivity contribution in [2.24, 2.45) is 5.73 Å². The Hall–Kier alpha value is -1.62. The molecule has 2 rings (SSSR count). The van der Waals surface area contributed by atoms with Crippen LogP contribution in [0.25, 0.3) is 11.1 Å². The first-order valence-corrected chi connectivity index (χ1v) is 6.71. The van der Waals surface area contributed by atoms with E-state index in [-0.39, 0.29) is 36.8 Å². The van der Waals surface area contributed by atoms with Crippen LogP contribution < -0.4 is 11.1 Å². The second-order valence-electron chi connectivity index (χ2n) is 4.85. The maximum absolute atomic E-state index is 12.0. The van der Waals surface area contributed by atoms with E-state index in [2.05, 4.69) is 10.3 Å². The van der Waals surface area contributed by atoms with Gasteiger partial charge in [0.15, 0.2) is 0 Å². The molecule has 22 heavy (non-hydrogen) atoms. The number of nitrogens with zero attached hydrogens (tertiary/aromatic N) is 1. The van der Waals surface area contributed by atoms with E-state index in [9.17, 15) is 4.79 Å². The molecule has 1 aromatic carbocycles. The number of aromatic nitrogens is 1. The van der Waals surface area contributed by atoms with Gasteiger partial charge in [-0.25, -0.2) is 0 Å². The minimum Gasteiger partial charge on any atom is -0.352 e. The van der Waals surface area contributed by atoms with E-state index in [1.54, 1.807) is 12.4 Å². The number of nitrogens with two attached hydrogens (primary N) is 1. The Morgan fingerprint density at radius 1 is 1.18 bits per heavy atom. The zero-order valence-corrected chi connectivity index (χ0v) is 14.0. The lowest BCUT2D eigenvalue weighted by Crippen LogP contribution is -2.29. The van der Waals surface area contributed by atoms with Gasteiger partial charge in [-0.3, -0.25) is 9.78 Å². The highest BCUT2D eigenvalue weighted by molar-refractivity contribution is 5.95. The standard InChI is InChI=1S/C16H19N3O.2ClH/c1-12(17)7-8-19-16(20)15-9-14(10-18-11-15)13-5-3-2-4-6-13;;/h2-6,9-12H,7-8,17H2,1H3,(H,19,20);2*1H. The molecule has 0 aliphatic heterocycles. The molecule has 0 fully saturated rings. The summed E-state index contributed by atoms with van der Waals surface area (Å²) in [6.07, 6.45) is 4.10. The van der Waals surface area contributed by atoms with Crippen molar-refractivity contribution in [1.29, 1.82) is 0 Å². The number of carbonyl (C=O) groups excluding carboxylic acids is 1. The van der Waals surface area contributed by atoms with Crippen molar-refractivity contribution in [2.45, 2.75) is 19.4 Å². The summed E-state index contributed by atoms with van der Waals surface area (Å²) in [5.74, 6) is -0.115. The van der Waals surface area contributed by atoms with Gasteiger partial charge in [0.1, 0.15) is 0 Å². The molecular weight excluding hydrogens is 321 g/mol. The Kier molecular flexibility index (Phi) is 9.42. The van der Waals surface area contributed by atoms with E-state index in [0.29, 0.717) is 12.1 Å². The van der Waals surface area contributed by atoms with Crippen molar-refractivity contribution in [3.05, 3.63) is 54.4 Å². The predicted molar refractivity (Wildman–Crippen MR) is 94.8 cm³/mol. The zero-order valence-electron chi connectivity index (χ0n) is 12.4. The van der Waals surface area contributed by atoms with E-state index in [4.69, 9.17) is 5.73 Å². The summed E-state index contributed by atoms with van der Waals surface area (Å²) in [4.78, 5) is 16.2. The quantitative estimate of drug-likeness (QED) is 0.878. The van der Waals surface area contributed by atoms with Gasteiger partial charge in [-0.15, -0.1) is 24.8 Å². The second-order valence-corrected chi connectivity index (χ2v) is 4.85. The number of benzene rings is 1. The van der Waals surface area contributed by atoms with Gasteiger partial charge in [-0.1, -0.05) is 30.3 Å². The van der Waals surface area contributed by atoms with E-state index in [1.165, 1.54) is 0 Å². The fraction of sp³-hybridized carbons (Fsp3) is 0.250. The summed E-state index contributed by atoms with van der Waals surface area (Å²) in [7, 11) is 0. The summed E-state index contributed by atoms with van der Waals surface area (Å²) >= 11 is 0. The van der Waals surface area contributed by atoms with Gasteiger partial charge in [0, 0.05) is 30.5 Å². The van der Waals surface area contributed by atoms with Crippen LogP contribution in [0.2, 0.25) is 0 Å². The maximum atomic E-state index is 12.0. The van der Waals surface area contributed by atoms with Crippen LogP contribution in [0.4, 0.5) is 0 Å². The zero-order chi connectivity index (χ0) is 14.4. The van der Waals surface area contributed by atoms with Gasteiger partial charge in [0.2, 0.25) is 0 Å². The van der Waals surface area contributed by atoms with Crippen molar-refractivity contribution >= 4 is 30.7 Å².